The summed E-state index contributed by atoms with van der Waals surface area (Å²) in [5.41, 5.74) is 0.940. The van der Waals surface area contributed by atoms with E-state index < -0.39 is 23.9 Å². The minimum Gasteiger partial charge on any atom is -0.497 e. The van der Waals surface area contributed by atoms with Crippen LogP contribution in [0.1, 0.15) is 10.4 Å². The van der Waals surface area contributed by atoms with Crippen molar-refractivity contribution >= 4 is 45.4 Å². The third kappa shape index (κ3) is 3.01. The topological polar surface area (TPSA) is 79.3 Å². The summed E-state index contributed by atoms with van der Waals surface area (Å²) in [6, 6.07) is 12.4. The smallest absolute Gasteiger partial charge is 0.240 e. The van der Waals surface area contributed by atoms with Gasteiger partial charge in [-0.2, -0.15) is 5.10 Å². The Morgan fingerprint density at radius 3 is 2.35 bits per heavy atom. The van der Waals surface area contributed by atoms with Gasteiger partial charge in [0.2, 0.25) is 11.8 Å². The first-order valence-corrected chi connectivity index (χ1v) is 10.6. The Balaban J connectivity index is 1.55. The lowest BCUT2D eigenvalue weighted by Crippen LogP contribution is -2.46. The minimum absolute atomic E-state index is 0.244. The fourth-order valence-corrected chi connectivity index (χ4v) is 4.87. The average Bonchev–Trinajstić information content (AvgIpc) is 3.27. The van der Waals surface area contributed by atoms with Crippen molar-refractivity contribution in [2.45, 2.75) is 12.1 Å². The SMILES string of the molecule is COc1ccc(C(=O)[C@H]2[C@H]3C(=O)N(c4ccc(Br)cc4)C(=O)[C@H]3[C@H]3C=CC=NN32)cc1. The summed E-state index contributed by atoms with van der Waals surface area (Å²) >= 11 is 3.37. The molecule has 2 saturated heterocycles. The summed E-state index contributed by atoms with van der Waals surface area (Å²) in [5, 5.41) is 5.97. The Bertz CT molecular complexity index is 1130. The molecule has 31 heavy (non-hydrogen) atoms. The third-order valence-corrected chi connectivity index (χ3v) is 6.55. The highest BCUT2D eigenvalue weighted by Gasteiger charge is 2.64. The lowest BCUT2D eigenvalue weighted by Gasteiger charge is -2.30. The van der Waals surface area contributed by atoms with Gasteiger partial charge < -0.3 is 4.74 Å². The van der Waals surface area contributed by atoms with E-state index in [9.17, 15) is 14.4 Å². The van der Waals surface area contributed by atoms with Gasteiger partial charge in [0, 0.05) is 16.3 Å². The fraction of sp³-hybridized carbons (Fsp3) is 0.217. The third-order valence-electron chi connectivity index (χ3n) is 6.02. The molecular weight excluding hydrogens is 462 g/mol. The number of imide groups is 1. The number of halogens is 1. The molecule has 0 aromatic heterocycles. The van der Waals surface area contributed by atoms with Crippen LogP contribution in [0.15, 0.2) is 70.3 Å². The Morgan fingerprint density at radius 2 is 1.68 bits per heavy atom. The van der Waals surface area contributed by atoms with Crippen molar-refractivity contribution in [1.82, 2.24) is 5.01 Å². The van der Waals surface area contributed by atoms with E-state index in [1.165, 1.54) is 4.90 Å². The number of hydrogen-bond acceptors (Lipinski definition) is 6. The average molecular weight is 480 g/mol. The van der Waals surface area contributed by atoms with Crippen LogP contribution in [0.25, 0.3) is 0 Å². The lowest BCUT2D eigenvalue weighted by atomic mass is 9.86. The number of hydrogen-bond donors (Lipinski definition) is 0. The van der Waals surface area contributed by atoms with Gasteiger partial charge in [-0.15, -0.1) is 0 Å². The highest BCUT2D eigenvalue weighted by Crippen LogP contribution is 2.46. The molecule has 0 saturated carbocycles. The van der Waals surface area contributed by atoms with Gasteiger partial charge in [-0.05, 0) is 54.6 Å². The Morgan fingerprint density at radius 1 is 1.00 bits per heavy atom. The van der Waals surface area contributed by atoms with Crippen molar-refractivity contribution in [3.8, 4) is 5.75 Å². The number of anilines is 1. The maximum atomic E-state index is 13.5. The molecule has 8 heteroatoms. The van der Waals surface area contributed by atoms with Crippen molar-refractivity contribution in [3.63, 3.8) is 0 Å². The summed E-state index contributed by atoms with van der Waals surface area (Å²) in [5.74, 6) is -1.77. The van der Waals surface area contributed by atoms with Crippen LogP contribution in [-0.2, 0) is 9.59 Å². The van der Waals surface area contributed by atoms with Gasteiger partial charge in [0.25, 0.3) is 0 Å². The lowest BCUT2D eigenvalue weighted by molar-refractivity contribution is -0.123. The molecule has 0 spiro atoms. The molecule has 156 valence electrons. The number of ether oxygens (including phenoxy) is 1. The number of benzene rings is 2. The second-order valence-corrected chi connectivity index (χ2v) is 8.51. The molecule has 0 radical (unpaired) electrons. The molecule has 2 aromatic carbocycles. The molecule has 3 aliphatic heterocycles. The van der Waals surface area contributed by atoms with E-state index in [0.29, 0.717) is 17.0 Å². The molecule has 7 nitrogen and oxygen atoms in total. The summed E-state index contributed by atoms with van der Waals surface area (Å²) in [6.45, 7) is 0. The van der Waals surface area contributed by atoms with Gasteiger partial charge in [-0.3, -0.25) is 19.4 Å². The van der Waals surface area contributed by atoms with Crippen molar-refractivity contribution in [2.75, 3.05) is 12.0 Å². The Hall–Kier alpha value is -3.26. The first kappa shape index (κ1) is 19.7. The highest BCUT2D eigenvalue weighted by molar-refractivity contribution is 9.10. The highest BCUT2D eigenvalue weighted by atomic mass is 79.9. The van der Waals surface area contributed by atoms with Crippen LogP contribution < -0.4 is 9.64 Å². The number of methoxy groups -OCH3 is 1. The molecule has 2 aromatic rings. The van der Waals surface area contributed by atoms with Crippen molar-refractivity contribution < 1.29 is 19.1 Å². The van der Waals surface area contributed by atoms with E-state index >= 15 is 0 Å². The van der Waals surface area contributed by atoms with E-state index in [0.717, 1.165) is 4.47 Å². The first-order valence-electron chi connectivity index (χ1n) is 9.82. The number of carbonyl (C=O) groups is 3. The Labute approximate surface area is 187 Å². The number of amides is 2. The second-order valence-electron chi connectivity index (χ2n) is 7.60. The van der Waals surface area contributed by atoms with E-state index in [4.69, 9.17) is 4.74 Å². The van der Waals surface area contributed by atoms with Crippen molar-refractivity contribution in [1.29, 1.82) is 0 Å². The van der Waals surface area contributed by atoms with Gasteiger partial charge in [-0.1, -0.05) is 22.0 Å². The number of nitrogens with zero attached hydrogens (tertiary/aromatic N) is 3. The van der Waals surface area contributed by atoms with Gasteiger partial charge in [0.15, 0.2) is 5.78 Å². The van der Waals surface area contributed by atoms with Gasteiger partial charge in [0.1, 0.15) is 11.8 Å². The molecule has 5 rings (SSSR count). The number of hydrazone groups is 1. The number of carbonyl (C=O) groups excluding carboxylic acids is 3. The molecule has 2 amide bonds. The molecule has 0 aliphatic carbocycles. The molecule has 4 atom stereocenters. The van der Waals surface area contributed by atoms with E-state index in [1.54, 1.807) is 72.9 Å². The van der Waals surface area contributed by atoms with Crippen LogP contribution in [0.4, 0.5) is 5.69 Å². The predicted molar refractivity (Wildman–Crippen MR) is 118 cm³/mol. The largest absolute Gasteiger partial charge is 0.497 e. The van der Waals surface area contributed by atoms with E-state index in [2.05, 4.69) is 21.0 Å². The quantitative estimate of drug-likeness (QED) is 0.497. The number of fused-ring (bicyclic) bond motifs is 3. The minimum atomic E-state index is -0.860. The van der Waals surface area contributed by atoms with Crippen LogP contribution in [0, 0.1) is 11.8 Å². The Kier molecular flexibility index (Phi) is 4.74. The van der Waals surface area contributed by atoms with Crippen molar-refractivity contribution in [2.24, 2.45) is 16.9 Å². The van der Waals surface area contributed by atoms with E-state index in [-0.39, 0.29) is 17.6 Å². The van der Waals surface area contributed by atoms with Gasteiger partial charge in [-0.25, -0.2) is 4.90 Å². The molecular formula is C23H18BrN3O4. The summed E-state index contributed by atoms with van der Waals surface area (Å²) in [7, 11) is 1.55. The van der Waals surface area contributed by atoms with Crippen LogP contribution in [-0.4, -0.2) is 48.0 Å². The second kappa shape index (κ2) is 7.46. The summed E-state index contributed by atoms with van der Waals surface area (Å²) < 4.78 is 6.02. The summed E-state index contributed by atoms with van der Waals surface area (Å²) in [4.78, 5) is 41.6. The van der Waals surface area contributed by atoms with Crippen LogP contribution >= 0.6 is 15.9 Å². The zero-order valence-corrected chi connectivity index (χ0v) is 18.1. The maximum Gasteiger partial charge on any atom is 0.240 e. The number of Topliss-reactive ketones (excluding diaryl/α,β-unsaturated/α-hetero) is 1. The first-order chi connectivity index (χ1) is 15.0. The molecule has 0 N–H and O–H groups in total. The molecule has 0 unspecified atom stereocenters. The van der Waals surface area contributed by atoms with Crippen LogP contribution in [0.2, 0.25) is 0 Å². The predicted octanol–water partition coefficient (Wildman–Crippen LogP) is 3.05. The monoisotopic (exact) mass is 479 g/mol. The number of rotatable bonds is 4. The normalized spacial score (nSPS) is 26.3. The van der Waals surface area contributed by atoms with Crippen LogP contribution in [0.5, 0.6) is 5.75 Å². The number of allylic oxidation sites excluding steroid dienone is 1. The zero-order valence-electron chi connectivity index (χ0n) is 16.5. The standard InChI is InChI=1S/C23H18BrN3O4/c1-31-16-10-4-13(5-11-16)21(28)20-19-18(17-3-2-12-25-27(17)20)22(29)26(23(19)30)15-8-6-14(24)7-9-15/h2-12,17-20H,1H3/t17-,18+,19+,20-/m1/s1. The van der Waals surface area contributed by atoms with Gasteiger partial charge in [0.05, 0.1) is 30.7 Å². The zero-order chi connectivity index (χ0) is 21.7. The molecule has 3 heterocycles. The maximum absolute atomic E-state index is 13.5. The molecule has 2 fully saturated rings. The molecule has 3 aliphatic rings. The summed E-state index contributed by atoms with van der Waals surface area (Å²) in [6.07, 6.45) is 5.16. The van der Waals surface area contributed by atoms with Crippen molar-refractivity contribution in [3.05, 3.63) is 70.7 Å². The van der Waals surface area contributed by atoms with Crippen LogP contribution in [0.3, 0.4) is 0 Å². The number of ketones is 1. The van der Waals surface area contributed by atoms with E-state index in [1.807, 2.05) is 6.08 Å². The molecule has 0 bridgehead atoms. The fourth-order valence-electron chi connectivity index (χ4n) is 4.61. The van der Waals surface area contributed by atoms with Gasteiger partial charge >= 0.3 is 0 Å².